The molecule has 0 aliphatic carbocycles. The minimum Gasteiger partial charge on any atom is -0.478 e. The summed E-state index contributed by atoms with van der Waals surface area (Å²) in [6.45, 7) is 3.29. The van der Waals surface area contributed by atoms with Gasteiger partial charge in [-0.25, -0.2) is 9.59 Å². The predicted octanol–water partition coefficient (Wildman–Crippen LogP) is 2.74. The first-order valence-corrected chi connectivity index (χ1v) is 7.03. The predicted molar refractivity (Wildman–Crippen MR) is 82.6 cm³/mol. The molecule has 0 amide bonds. The summed E-state index contributed by atoms with van der Waals surface area (Å²) in [5, 5.41) is 21.0. The lowest BCUT2D eigenvalue weighted by Gasteiger charge is -2.21. The first-order valence-electron chi connectivity index (χ1n) is 6.65. The average Bonchev–Trinajstić information content (AvgIpc) is 2.48. The fourth-order valence-corrected chi connectivity index (χ4v) is 2.38. The highest BCUT2D eigenvalue weighted by atomic mass is 35.5. The number of carbonyl (C=O) groups is 2. The molecule has 0 spiro atoms. The third kappa shape index (κ3) is 3.35. The third-order valence-corrected chi connectivity index (χ3v) is 3.81. The van der Waals surface area contributed by atoms with E-state index < -0.39 is 11.9 Å². The zero-order chi connectivity index (χ0) is 17.1. The summed E-state index contributed by atoms with van der Waals surface area (Å²) >= 11 is 6.00. The molecule has 1 aliphatic heterocycles. The van der Waals surface area contributed by atoms with Gasteiger partial charge in [0.1, 0.15) is 11.1 Å². The number of carbonyl (C=O) groups excluding carboxylic acids is 1. The number of hydrogen-bond acceptors (Lipinski definition) is 5. The van der Waals surface area contributed by atoms with E-state index in [-0.39, 0.29) is 33.9 Å². The molecule has 1 aromatic carbocycles. The van der Waals surface area contributed by atoms with Gasteiger partial charge in [-0.3, -0.25) is 0 Å². The molecule has 6 nitrogen and oxygen atoms in total. The largest absolute Gasteiger partial charge is 0.478 e. The highest BCUT2D eigenvalue weighted by molar-refractivity contribution is 6.33. The molecule has 1 aromatic rings. The first kappa shape index (κ1) is 16.6. The number of benzene rings is 1. The zero-order valence-electron chi connectivity index (χ0n) is 12.4. The molecule has 0 fully saturated rings. The number of nitrogens with zero attached hydrogens (tertiary/aromatic N) is 1. The number of carboxylic acid groups (broad SMARTS) is 1. The summed E-state index contributed by atoms with van der Waals surface area (Å²) in [7, 11) is 0. The molecular formula is C16H13ClN2O4. The number of esters is 1. The van der Waals surface area contributed by atoms with Crippen molar-refractivity contribution in [1.82, 2.24) is 5.32 Å². The molecule has 0 aromatic heterocycles. The van der Waals surface area contributed by atoms with Crippen molar-refractivity contribution in [3.8, 4) is 11.8 Å². The van der Waals surface area contributed by atoms with Crippen molar-refractivity contribution in [2.45, 2.75) is 20.3 Å². The van der Waals surface area contributed by atoms with Crippen LogP contribution in [0.5, 0.6) is 5.75 Å². The van der Waals surface area contributed by atoms with E-state index >= 15 is 0 Å². The number of aliphatic carboxylic acids is 1. The Kier molecular flexibility index (Phi) is 4.72. The van der Waals surface area contributed by atoms with Crippen LogP contribution in [0.4, 0.5) is 0 Å². The summed E-state index contributed by atoms with van der Waals surface area (Å²) in [6.07, 6.45) is -0.0472. The van der Waals surface area contributed by atoms with Gasteiger partial charge in [-0.05, 0) is 26.0 Å². The smallest absolute Gasteiger partial charge is 0.341 e. The van der Waals surface area contributed by atoms with E-state index in [1.807, 2.05) is 6.07 Å². The second kappa shape index (κ2) is 6.55. The van der Waals surface area contributed by atoms with E-state index in [0.717, 1.165) is 0 Å². The summed E-state index contributed by atoms with van der Waals surface area (Å²) in [5.74, 6) is -1.75. The fraction of sp³-hybridized carbons (Fsp3) is 0.188. The minimum atomic E-state index is -1.10. The molecule has 0 bridgehead atoms. The Bertz CT molecular complexity index is 803. The van der Waals surface area contributed by atoms with Gasteiger partial charge in [-0.15, -0.1) is 0 Å². The molecule has 0 unspecified atom stereocenters. The lowest BCUT2D eigenvalue weighted by Crippen LogP contribution is -2.26. The lowest BCUT2D eigenvalue weighted by molar-refractivity contribution is -0.132. The molecule has 0 atom stereocenters. The Labute approximate surface area is 137 Å². The van der Waals surface area contributed by atoms with E-state index in [0.29, 0.717) is 11.4 Å². The van der Waals surface area contributed by atoms with Gasteiger partial charge in [0.25, 0.3) is 0 Å². The summed E-state index contributed by atoms with van der Waals surface area (Å²) in [6, 6.07) is 6.40. The van der Waals surface area contributed by atoms with Crippen molar-refractivity contribution < 1.29 is 19.4 Å². The fourth-order valence-electron chi connectivity index (χ4n) is 2.17. The van der Waals surface area contributed by atoms with Crippen molar-refractivity contribution in [3.05, 3.63) is 51.3 Å². The Morgan fingerprint density at radius 1 is 1.30 bits per heavy atom. The number of carboxylic acids is 1. The van der Waals surface area contributed by atoms with Crippen LogP contribution >= 0.6 is 11.6 Å². The normalized spacial score (nSPS) is 14.2. The number of dihydropyridines is 1. The maximum Gasteiger partial charge on any atom is 0.341 e. The zero-order valence-corrected chi connectivity index (χ0v) is 13.2. The molecule has 7 heteroatoms. The number of nitrogens with one attached hydrogen (secondary N) is 1. The van der Waals surface area contributed by atoms with Crippen LogP contribution in [0.15, 0.2) is 40.7 Å². The van der Waals surface area contributed by atoms with Crippen molar-refractivity contribution in [2.24, 2.45) is 0 Å². The van der Waals surface area contributed by atoms with Gasteiger partial charge in [0.05, 0.1) is 16.7 Å². The molecule has 0 radical (unpaired) electrons. The molecule has 23 heavy (non-hydrogen) atoms. The van der Waals surface area contributed by atoms with Gasteiger partial charge >= 0.3 is 11.9 Å². The van der Waals surface area contributed by atoms with E-state index in [1.165, 1.54) is 12.1 Å². The van der Waals surface area contributed by atoms with Crippen molar-refractivity contribution in [3.63, 3.8) is 0 Å². The third-order valence-electron chi connectivity index (χ3n) is 3.42. The summed E-state index contributed by atoms with van der Waals surface area (Å²) in [5.41, 5.74) is 1.48. The van der Waals surface area contributed by atoms with Crippen LogP contribution in [0.1, 0.15) is 25.8 Å². The van der Waals surface area contributed by atoms with Crippen molar-refractivity contribution in [2.75, 3.05) is 0 Å². The molecule has 1 aliphatic rings. The number of rotatable bonds is 3. The molecule has 2 N–H and O–H groups in total. The topological polar surface area (TPSA) is 99.4 Å². The molecule has 1 heterocycles. The molecule has 2 rings (SSSR count). The van der Waals surface area contributed by atoms with Crippen LogP contribution in [-0.4, -0.2) is 17.0 Å². The second-order valence-electron chi connectivity index (χ2n) is 4.93. The number of nitriles is 1. The van der Waals surface area contributed by atoms with Gasteiger partial charge in [-0.1, -0.05) is 17.7 Å². The second-order valence-corrected chi connectivity index (χ2v) is 5.31. The molecule has 0 saturated carbocycles. The van der Waals surface area contributed by atoms with Crippen molar-refractivity contribution in [1.29, 1.82) is 5.26 Å². The summed E-state index contributed by atoms with van der Waals surface area (Å²) < 4.78 is 5.23. The van der Waals surface area contributed by atoms with Crippen LogP contribution in [0.3, 0.4) is 0 Å². The van der Waals surface area contributed by atoms with Crippen LogP contribution in [-0.2, 0) is 9.59 Å². The maximum atomic E-state index is 12.3. The monoisotopic (exact) mass is 332 g/mol. The Morgan fingerprint density at radius 2 is 1.96 bits per heavy atom. The van der Waals surface area contributed by atoms with E-state index in [4.69, 9.17) is 26.7 Å². The number of halogens is 1. The number of allylic oxidation sites excluding steroid dienone is 2. The molecule has 0 saturated heterocycles. The van der Waals surface area contributed by atoms with Gasteiger partial charge < -0.3 is 15.2 Å². The molecule has 118 valence electrons. The highest BCUT2D eigenvalue weighted by Crippen LogP contribution is 2.30. The highest BCUT2D eigenvalue weighted by Gasteiger charge is 2.26. The Hall–Kier alpha value is -2.78. The van der Waals surface area contributed by atoms with E-state index in [2.05, 4.69) is 5.32 Å². The average molecular weight is 333 g/mol. The van der Waals surface area contributed by atoms with Gasteiger partial charge in [-0.2, -0.15) is 5.26 Å². The van der Waals surface area contributed by atoms with Gasteiger partial charge in [0.2, 0.25) is 0 Å². The van der Waals surface area contributed by atoms with Gasteiger partial charge in [0, 0.05) is 17.8 Å². The summed E-state index contributed by atoms with van der Waals surface area (Å²) in [4.78, 5) is 23.5. The molecular weight excluding hydrogens is 320 g/mol. The van der Waals surface area contributed by atoms with Crippen molar-refractivity contribution >= 4 is 23.5 Å². The van der Waals surface area contributed by atoms with Crippen LogP contribution in [0.2, 0.25) is 5.02 Å². The number of hydrogen-bond donors (Lipinski definition) is 2. The van der Waals surface area contributed by atoms with E-state index in [9.17, 15) is 9.59 Å². The van der Waals surface area contributed by atoms with Crippen LogP contribution in [0, 0.1) is 11.3 Å². The Morgan fingerprint density at radius 3 is 2.57 bits per heavy atom. The standard InChI is InChI=1S/C16H13ClN2O4/c1-8-11(15(20)21)6-12(9(2)19-8)16(22)23-13-5-3-4-10(7-18)14(13)17/h3-5,19H,6H2,1-2H3,(H,20,21). The number of ether oxygens (including phenoxy) is 1. The van der Waals surface area contributed by atoms with Crippen LogP contribution < -0.4 is 10.1 Å². The maximum absolute atomic E-state index is 12.3. The quantitative estimate of drug-likeness (QED) is 0.652. The van der Waals surface area contributed by atoms with Crippen LogP contribution in [0.25, 0.3) is 0 Å². The lowest BCUT2D eigenvalue weighted by atomic mass is 9.98. The minimum absolute atomic E-state index is 0.0375. The van der Waals surface area contributed by atoms with E-state index in [1.54, 1.807) is 19.9 Å². The van der Waals surface area contributed by atoms with Gasteiger partial charge in [0.15, 0.2) is 5.75 Å². The SMILES string of the molecule is CC1=C(C(=O)O)CC(C(=O)Oc2cccc(C#N)c2Cl)=C(C)N1. The Balaban J connectivity index is 2.27. The first-order chi connectivity index (χ1) is 10.8.